The number of halogens is 1. The van der Waals surface area contributed by atoms with Gasteiger partial charge in [0, 0.05) is 22.8 Å². The fourth-order valence-corrected chi connectivity index (χ4v) is 2.45. The van der Waals surface area contributed by atoms with Crippen molar-refractivity contribution in [1.82, 2.24) is 0 Å². The molecule has 0 heterocycles. The molecule has 1 amide bonds. The molecule has 0 radical (unpaired) electrons. The second kappa shape index (κ2) is 6.06. The zero-order valence-electron chi connectivity index (χ0n) is 11.8. The molecule has 0 atom stereocenters. The van der Waals surface area contributed by atoms with Crippen LogP contribution >= 0.6 is 11.6 Å². The second-order valence-corrected chi connectivity index (χ2v) is 5.37. The molecule has 0 fully saturated rings. The Balaban J connectivity index is 2.05. The van der Waals surface area contributed by atoms with Crippen molar-refractivity contribution in [3.8, 4) is 0 Å². The Morgan fingerprint density at radius 3 is 2.43 bits per heavy atom. The molecule has 6 heteroatoms. The molecule has 0 aliphatic rings. The smallest absolute Gasteiger partial charge is 0.270 e. The average molecular weight is 327 g/mol. The Kier molecular flexibility index (Phi) is 3.95. The van der Waals surface area contributed by atoms with Crippen molar-refractivity contribution < 1.29 is 9.72 Å². The van der Waals surface area contributed by atoms with Crippen LogP contribution in [0.15, 0.2) is 60.7 Å². The van der Waals surface area contributed by atoms with Crippen LogP contribution in [0.25, 0.3) is 10.8 Å². The minimum Gasteiger partial charge on any atom is -0.322 e. The van der Waals surface area contributed by atoms with E-state index in [4.69, 9.17) is 11.6 Å². The van der Waals surface area contributed by atoms with Gasteiger partial charge in [0.25, 0.3) is 11.6 Å². The third-order valence-corrected chi connectivity index (χ3v) is 3.66. The lowest BCUT2D eigenvalue weighted by atomic mass is 10.0. The van der Waals surface area contributed by atoms with Crippen LogP contribution in [0, 0.1) is 10.1 Å². The van der Waals surface area contributed by atoms with Crippen molar-refractivity contribution in [2.45, 2.75) is 0 Å². The summed E-state index contributed by atoms with van der Waals surface area (Å²) in [7, 11) is 0. The lowest BCUT2D eigenvalue weighted by Crippen LogP contribution is -2.12. The number of rotatable bonds is 3. The number of fused-ring (bicyclic) bond motifs is 1. The predicted octanol–water partition coefficient (Wildman–Crippen LogP) is 4.65. The number of nitro benzene ring substituents is 1. The number of amides is 1. The first kappa shape index (κ1) is 15.0. The summed E-state index contributed by atoms with van der Waals surface area (Å²) in [5, 5.41) is 15.7. The van der Waals surface area contributed by atoms with Gasteiger partial charge in [-0.25, -0.2) is 0 Å². The molecule has 0 unspecified atom stereocenters. The van der Waals surface area contributed by atoms with Gasteiger partial charge in [0.1, 0.15) is 0 Å². The molecule has 0 spiro atoms. The van der Waals surface area contributed by atoms with Crippen LogP contribution in [-0.4, -0.2) is 10.8 Å². The lowest BCUT2D eigenvalue weighted by molar-refractivity contribution is -0.384. The van der Waals surface area contributed by atoms with Gasteiger partial charge in [0.2, 0.25) is 0 Å². The first-order valence-electron chi connectivity index (χ1n) is 6.79. The zero-order valence-corrected chi connectivity index (χ0v) is 12.6. The third kappa shape index (κ3) is 3.14. The molecule has 0 aliphatic carbocycles. The number of carbonyl (C=O) groups excluding carboxylic acids is 1. The monoisotopic (exact) mass is 326 g/mol. The Bertz CT molecular complexity index is 907. The highest BCUT2D eigenvalue weighted by molar-refractivity contribution is 6.30. The molecule has 3 aromatic carbocycles. The van der Waals surface area contributed by atoms with Gasteiger partial charge < -0.3 is 5.32 Å². The summed E-state index contributed by atoms with van der Waals surface area (Å²) in [5.41, 5.74) is 0.699. The molecular formula is C17H11ClN2O3. The largest absolute Gasteiger partial charge is 0.322 e. The number of hydrogen-bond acceptors (Lipinski definition) is 3. The van der Waals surface area contributed by atoms with Crippen LogP contribution < -0.4 is 5.32 Å². The maximum absolute atomic E-state index is 12.5. The summed E-state index contributed by atoms with van der Waals surface area (Å²) in [6.45, 7) is 0. The number of nitrogens with one attached hydrogen (secondary N) is 1. The minimum absolute atomic E-state index is 0.120. The topological polar surface area (TPSA) is 72.2 Å². The molecule has 3 aromatic rings. The molecule has 23 heavy (non-hydrogen) atoms. The van der Waals surface area contributed by atoms with E-state index in [2.05, 4.69) is 5.32 Å². The van der Waals surface area contributed by atoms with E-state index in [1.807, 2.05) is 0 Å². The SMILES string of the molecule is O=C(Nc1ccc(Cl)cc1)c1cc([N+](=O)[O-])cc2ccccc12. The van der Waals surface area contributed by atoms with Gasteiger partial charge in [-0.3, -0.25) is 14.9 Å². The summed E-state index contributed by atoms with van der Waals surface area (Å²) in [4.78, 5) is 23.1. The van der Waals surface area contributed by atoms with E-state index in [1.165, 1.54) is 12.1 Å². The van der Waals surface area contributed by atoms with Crippen LogP contribution in [0.2, 0.25) is 5.02 Å². The summed E-state index contributed by atoms with van der Waals surface area (Å²) in [6.07, 6.45) is 0. The maximum Gasteiger partial charge on any atom is 0.270 e. The Morgan fingerprint density at radius 1 is 1.04 bits per heavy atom. The standard InChI is InChI=1S/C17H11ClN2O3/c18-12-5-7-13(8-6-12)19-17(21)16-10-14(20(22)23)9-11-3-1-2-4-15(11)16/h1-10H,(H,19,21). The van der Waals surface area contributed by atoms with E-state index in [1.54, 1.807) is 48.5 Å². The van der Waals surface area contributed by atoms with Crippen molar-refractivity contribution in [1.29, 1.82) is 0 Å². The number of hydrogen-bond donors (Lipinski definition) is 1. The Hall–Kier alpha value is -2.92. The third-order valence-electron chi connectivity index (χ3n) is 3.40. The van der Waals surface area contributed by atoms with Crippen molar-refractivity contribution in [3.63, 3.8) is 0 Å². The van der Waals surface area contributed by atoms with Gasteiger partial charge in [0.15, 0.2) is 0 Å². The molecule has 0 saturated heterocycles. The highest BCUT2D eigenvalue weighted by Gasteiger charge is 2.16. The fourth-order valence-electron chi connectivity index (χ4n) is 2.32. The minimum atomic E-state index is -0.508. The number of carbonyl (C=O) groups is 1. The van der Waals surface area contributed by atoms with Gasteiger partial charge in [-0.15, -0.1) is 0 Å². The molecule has 0 saturated carbocycles. The van der Waals surface area contributed by atoms with Gasteiger partial charge in [-0.2, -0.15) is 0 Å². The fraction of sp³-hybridized carbons (Fsp3) is 0. The summed E-state index contributed by atoms with van der Waals surface area (Å²) in [5.74, 6) is -0.410. The molecule has 114 valence electrons. The van der Waals surface area contributed by atoms with Crippen LogP contribution in [0.4, 0.5) is 11.4 Å². The summed E-state index contributed by atoms with van der Waals surface area (Å²) < 4.78 is 0. The van der Waals surface area contributed by atoms with Crippen molar-refractivity contribution >= 4 is 39.7 Å². The first-order valence-corrected chi connectivity index (χ1v) is 7.16. The van der Waals surface area contributed by atoms with Crippen molar-refractivity contribution in [2.75, 3.05) is 5.32 Å². The van der Waals surface area contributed by atoms with E-state index >= 15 is 0 Å². The van der Waals surface area contributed by atoms with Crippen molar-refractivity contribution in [2.24, 2.45) is 0 Å². The average Bonchev–Trinajstić information content (AvgIpc) is 2.55. The summed E-state index contributed by atoms with van der Waals surface area (Å²) in [6, 6.07) is 16.4. The quantitative estimate of drug-likeness (QED) is 0.562. The van der Waals surface area contributed by atoms with Gasteiger partial charge >= 0.3 is 0 Å². The van der Waals surface area contributed by atoms with Crippen LogP contribution in [0.5, 0.6) is 0 Å². The second-order valence-electron chi connectivity index (χ2n) is 4.93. The Morgan fingerprint density at radius 2 is 1.74 bits per heavy atom. The van der Waals surface area contributed by atoms with E-state index in [9.17, 15) is 14.9 Å². The molecule has 0 aromatic heterocycles. The summed E-state index contributed by atoms with van der Waals surface area (Å²) >= 11 is 5.81. The number of non-ortho nitro benzene ring substituents is 1. The van der Waals surface area contributed by atoms with Crippen molar-refractivity contribution in [3.05, 3.63) is 81.4 Å². The van der Waals surface area contributed by atoms with Gasteiger partial charge in [-0.05, 0) is 35.0 Å². The number of nitrogens with zero attached hydrogens (tertiary/aromatic N) is 1. The molecule has 1 N–H and O–H groups in total. The van der Waals surface area contributed by atoms with Gasteiger partial charge in [0.05, 0.1) is 10.5 Å². The lowest BCUT2D eigenvalue weighted by Gasteiger charge is -2.08. The van der Waals surface area contributed by atoms with Crippen LogP contribution in [0.3, 0.4) is 0 Å². The molecule has 5 nitrogen and oxygen atoms in total. The normalized spacial score (nSPS) is 10.5. The van der Waals surface area contributed by atoms with E-state index < -0.39 is 10.8 Å². The molecule has 3 rings (SSSR count). The zero-order chi connectivity index (χ0) is 16.4. The number of anilines is 1. The van der Waals surface area contributed by atoms with Crippen LogP contribution in [0.1, 0.15) is 10.4 Å². The number of benzene rings is 3. The molecular weight excluding hydrogens is 316 g/mol. The Labute approximate surface area is 136 Å². The molecule has 0 aliphatic heterocycles. The first-order chi connectivity index (χ1) is 11.0. The highest BCUT2D eigenvalue weighted by atomic mass is 35.5. The predicted molar refractivity (Wildman–Crippen MR) is 90.0 cm³/mol. The van der Waals surface area contributed by atoms with E-state index in [0.717, 1.165) is 0 Å². The number of nitro groups is 1. The maximum atomic E-state index is 12.5. The molecule has 0 bridgehead atoms. The van der Waals surface area contributed by atoms with Crippen LogP contribution in [-0.2, 0) is 0 Å². The van der Waals surface area contributed by atoms with E-state index in [-0.39, 0.29) is 11.3 Å². The highest BCUT2D eigenvalue weighted by Crippen LogP contribution is 2.26. The van der Waals surface area contributed by atoms with E-state index in [0.29, 0.717) is 21.5 Å². The van der Waals surface area contributed by atoms with Gasteiger partial charge in [-0.1, -0.05) is 35.9 Å².